The van der Waals surface area contributed by atoms with Crippen LogP contribution in [0.4, 0.5) is 0 Å². The van der Waals surface area contributed by atoms with Gasteiger partial charge in [-0.15, -0.1) is 0 Å². The van der Waals surface area contributed by atoms with Crippen LogP contribution < -0.4 is 0 Å². The predicted molar refractivity (Wildman–Crippen MR) is 60.7 cm³/mol. The van der Waals surface area contributed by atoms with E-state index in [9.17, 15) is 5.11 Å². The van der Waals surface area contributed by atoms with Crippen molar-refractivity contribution in [2.24, 2.45) is 0 Å². The molecule has 76 valence electrons. The van der Waals surface area contributed by atoms with E-state index in [1.807, 2.05) is 19.9 Å². The van der Waals surface area contributed by atoms with Crippen LogP contribution >= 0.6 is 0 Å². The van der Waals surface area contributed by atoms with E-state index in [0.717, 1.165) is 17.5 Å². The molecule has 1 N–H and O–H groups in total. The Bertz CT molecular complexity index is 358. The van der Waals surface area contributed by atoms with Gasteiger partial charge in [-0.25, -0.2) is 0 Å². The molecule has 0 aromatic heterocycles. The third-order valence-electron chi connectivity index (χ3n) is 2.38. The maximum Gasteiger partial charge on any atom is 0.118 e. The fourth-order valence-corrected chi connectivity index (χ4v) is 1.39. The Balaban J connectivity index is 2.98. The molecule has 1 heteroatoms. The van der Waals surface area contributed by atoms with Crippen LogP contribution in [0.2, 0.25) is 0 Å². The van der Waals surface area contributed by atoms with E-state index in [2.05, 4.69) is 26.0 Å². The van der Waals surface area contributed by atoms with Crippen LogP contribution in [-0.2, 0) is 6.42 Å². The summed E-state index contributed by atoms with van der Waals surface area (Å²) in [4.78, 5) is 0. The molecule has 1 rings (SSSR count). The van der Waals surface area contributed by atoms with Gasteiger partial charge in [-0.2, -0.15) is 0 Å². The van der Waals surface area contributed by atoms with Crippen LogP contribution in [0.1, 0.15) is 30.5 Å². The van der Waals surface area contributed by atoms with Crippen molar-refractivity contribution in [1.29, 1.82) is 0 Å². The van der Waals surface area contributed by atoms with Crippen molar-refractivity contribution in [3.63, 3.8) is 0 Å². The summed E-state index contributed by atoms with van der Waals surface area (Å²) >= 11 is 0. The van der Waals surface area contributed by atoms with Crippen molar-refractivity contribution >= 4 is 0 Å². The zero-order valence-corrected chi connectivity index (χ0v) is 9.39. The van der Waals surface area contributed by atoms with Crippen LogP contribution in [0.15, 0.2) is 23.8 Å². The maximum absolute atomic E-state index is 9.49. The Kier molecular flexibility index (Phi) is 3.34. The summed E-state index contributed by atoms with van der Waals surface area (Å²) in [6.45, 7) is 8.17. The van der Waals surface area contributed by atoms with Crippen molar-refractivity contribution in [3.05, 3.63) is 40.5 Å². The van der Waals surface area contributed by atoms with Gasteiger partial charge in [-0.05, 0) is 56.9 Å². The Morgan fingerprint density at radius 2 is 1.86 bits per heavy atom. The van der Waals surface area contributed by atoms with Gasteiger partial charge >= 0.3 is 0 Å². The first-order valence-electron chi connectivity index (χ1n) is 4.93. The first-order valence-corrected chi connectivity index (χ1v) is 4.93. The topological polar surface area (TPSA) is 20.2 Å². The number of aryl methyl sites for hydroxylation is 2. The summed E-state index contributed by atoms with van der Waals surface area (Å²) in [6.07, 6.45) is 3.16. The molecular formula is C13H18O. The highest BCUT2D eigenvalue weighted by Crippen LogP contribution is 2.21. The minimum atomic E-state index is 0.392. The Hall–Kier alpha value is -1.24. The molecule has 0 spiro atoms. The van der Waals surface area contributed by atoms with Gasteiger partial charge < -0.3 is 5.11 Å². The summed E-state index contributed by atoms with van der Waals surface area (Å²) in [5, 5.41) is 9.49. The molecule has 1 nitrogen and oxygen atoms in total. The second kappa shape index (κ2) is 4.32. The van der Waals surface area contributed by atoms with Gasteiger partial charge in [0.2, 0.25) is 0 Å². The normalized spacial score (nSPS) is 10.0. The molecule has 0 saturated carbocycles. The molecule has 0 aliphatic heterocycles. The fourth-order valence-electron chi connectivity index (χ4n) is 1.39. The van der Waals surface area contributed by atoms with Gasteiger partial charge in [0.1, 0.15) is 5.75 Å². The van der Waals surface area contributed by atoms with E-state index in [4.69, 9.17) is 0 Å². The minimum absolute atomic E-state index is 0.392. The van der Waals surface area contributed by atoms with E-state index in [1.54, 1.807) is 0 Å². The van der Waals surface area contributed by atoms with Crippen LogP contribution in [0.25, 0.3) is 0 Å². The Morgan fingerprint density at radius 3 is 2.43 bits per heavy atom. The average Bonchev–Trinajstić information content (AvgIpc) is 2.09. The van der Waals surface area contributed by atoms with Gasteiger partial charge in [0.15, 0.2) is 0 Å². The molecule has 0 aliphatic rings. The van der Waals surface area contributed by atoms with Crippen LogP contribution in [0.5, 0.6) is 5.75 Å². The van der Waals surface area contributed by atoms with E-state index in [0.29, 0.717) is 5.75 Å². The lowest BCUT2D eigenvalue weighted by atomic mass is 10.0. The second-order valence-corrected chi connectivity index (χ2v) is 4.05. The van der Waals surface area contributed by atoms with Gasteiger partial charge in [0, 0.05) is 0 Å². The molecule has 1 aromatic rings. The highest BCUT2D eigenvalue weighted by molar-refractivity contribution is 5.41. The van der Waals surface area contributed by atoms with E-state index < -0.39 is 0 Å². The Labute approximate surface area is 86.1 Å². The monoisotopic (exact) mass is 190 g/mol. The zero-order chi connectivity index (χ0) is 10.7. The molecule has 0 amide bonds. The highest BCUT2D eigenvalue weighted by atomic mass is 16.3. The fraction of sp³-hybridized carbons (Fsp3) is 0.385. The number of benzene rings is 1. The first kappa shape index (κ1) is 10.8. The second-order valence-electron chi connectivity index (χ2n) is 4.05. The van der Waals surface area contributed by atoms with Gasteiger partial charge in [-0.3, -0.25) is 0 Å². The SMILES string of the molecule is CC(C)=CCc1cc(C)c(O)cc1C. The number of hydrogen-bond acceptors (Lipinski definition) is 1. The van der Waals surface area contributed by atoms with Crippen molar-refractivity contribution in [2.45, 2.75) is 34.1 Å². The lowest BCUT2D eigenvalue weighted by Gasteiger charge is -2.06. The summed E-state index contributed by atoms with van der Waals surface area (Å²) in [7, 11) is 0. The number of rotatable bonds is 2. The molecule has 1 aromatic carbocycles. The summed E-state index contributed by atoms with van der Waals surface area (Å²) in [5.41, 5.74) is 4.73. The molecule has 0 aliphatic carbocycles. The molecule has 0 radical (unpaired) electrons. The van der Waals surface area contributed by atoms with Crippen LogP contribution in [0, 0.1) is 13.8 Å². The number of hydrogen-bond donors (Lipinski definition) is 1. The largest absolute Gasteiger partial charge is 0.508 e. The quantitative estimate of drug-likeness (QED) is 0.707. The maximum atomic E-state index is 9.49. The number of phenolic OH excluding ortho intramolecular Hbond substituents is 1. The van der Waals surface area contributed by atoms with Crippen molar-refractivity contribution in [2.75, 3.05) is 0 Å². The van der Waals surface area contributed by atoms with Crippen molar-refractivity contribution in [3.8, 4) is 5.75 Å². The number of aromatic hydroxyl groups is 1. The average molecular weight is 190 g/mol. The smallest absolute Gasteiger partial charge is 0.118 e. The zero-order valence-electron chi connectivity index (χ0n) is 9.39. The summed E-state index contributed by atoms with van der Waals surface area (Å²) in [5.74, 6) is 0.392. The van der Waals surface area contributed by atoms with Gasteiger partial charge in [0.05, 0.1) is 0 Å². The molecule has 0 fully saturated rings. The third-order valence-corrected chi connectivity index (χ3v) is 2.38. The van der Waals surface area contributed by atoms with Crippen molar-refractivity contribution in [1.82, 2.24) is 0 Å². The highest BCUT2D eigenvalue weighted by Gasteiger charge is 2.01. The Morgan fingerprint density at radius 1 is 1.21 bits per heavy atom. The predicted octanol–water partition coefficient (Wildman–Crippen LogP) is 3.52. The standard InChI is InChI=1S/C13H18O/c1-9(2)5-6-12-7-11(4)13(14)8-10(12)3/h5,7-8,14H,6H2,1-4H3. The van der Waals surface area contributed by atoms with Crippen LogP contribution in [-0.4, -0.2) is 5.11 Å². The minimum Gasteiger partial charge on any atom is -0.508 e. The first-order chi connectivity index (χ1) is 6.50. The molecular weight excluding hydrogens is 172 g/mol. The van der Waals surface area contributed by atoms with Crippen molar-refractivity contribution < 1.29 is 5.11 Å². The molecule has 0 heterocycles. The van der Waals surface area contributed by atoms with E-state index >= 15 is 0 Å². The molecule has 0 saturated heterocycles. The summed E-state index contributed by atoms with van der Waals surface area (Å²) in [6, 6.07) is 3.90. The van der Waals surface area contributed by atoms with E-state index in [-0.39, 0.29) is 0 Å². The molecule has 14 heavy (non-hydrogen) atoms. The number of allylic oxidation sites excluding steroid dienone is 2. The molecule has 0 atom stereocenters. The summed E-state index contributed by atoms with van der Waals surface area (Å²) < 4.78 is 0. The third kappa shape index (κ3) is 2.63. The van der Waals surface area contributed by atoms with Gasteiger partial charge in [0.25, 0.3) is 0 Å². The van der Waals surface area contributed by atoms with Gasteiger partial charge in [-0.1, -0.05) is 17.7 Å². The lowest BCUT2D eigenvalue weighted by molar-refractivity contribution is 0.470. The molecule has 0 unspecified atom stereocenters. The molecule has 0 bridgehead atoms. The van der Waals surface area contributed by atoms with Crippen LogP contribution in [0.3, 0.4) is 0 Å². The number of phenols is 1. The lowest BCUT2D eigenvalue weighted by Crippen LogP contribution is -1.89. The van der Waals surface area contributed by atoms with E-state index in [1.165, 1.54) is 11.1 Å².